The van der Waals surface area contributed by atoms with Crippen molar-refractivity contribution >= 4 is 0 Å². The first kappa shape index (κ1) is 12.6. The molecule has 2 atom stereocenters. The molecule has 96 valence electrons. The van der Waals surface area contributed by atoms with Crippen molar-refractivity contribution in [3.63, 3.8) is 0 Å². The zero-order valence-electron chi connectivity index (χ0n) is 11.5. The molecule has 0 bridgehead atoms. The van der Waals surface area contributed by atoms with Crippen molar-refractivity contribution in [3.8, 4) is 0 Å². The normalized spacial score (nSPS) is 25.1. The number of aryl methyl sites for hydroxylation is 1. The van der Waals surface area contributed by atoms with Crippen molar-refractivity contribution in [3.05, 3.63) is 18.0 Å². The molecular formula is C14H25N3. The maximum atomic E-state index is 4.34. The molecule has 0 aromatic carbocycles. The molecule has 1 heterocycles. The number of nitrogens with one attached hydrogen (secondary N) is 1. The molecule has 1 aromatic heterocycles. The predicted molar refractivity (Wildman–Crippen MR) is 70.9 cm³/mol. The van der Waals surface area contributed by atoms with E-state index >= 15 is 0 Å². The molecule has 2 unspecified atom stereocenters. The maximum absolute atomic E-state index is 4.34. The molecular weight excluding hydrogens is 210 g/mol. The molecule has 1 aromatic rings. The van der Waals surface area contributed by atoms with Crippen LogP contribution >= 0.6 is 0 Å². The van der Waals surface area contributed by atoms with Crippen LogP contribution in [-0.2, 0) is 6.54 Å². The van der Waals surface area contributed by atoms with Crippen molar-refractivity contribution < 1.29 is 0 Å². The van der Waals surface area contributed by atoms with E-state index < -0.39 is 0 Å². The van der Waals surface area contributed by atoms with Gasteiger partial charge in [0.05, 0.1) is 6.20 Å². The molecule has 3 nitrogen and oxygen atoms in total. The number of aromatic nitrogens is 2. The van der Waals surface area contributed by atoms with Crippen LogP contribution < -0.4 is 5.32 Å². The molecule has 17 heavy (non-hydrogen) atoms. The molecule has 1 aliphatic carbocycles. The Bertz CT molecular complexity index is 367. The average Bonchev–Trinajstić information content (AvgIpc) is 2.85. The summed E-state index contributed by atoms with van der Waals surface area (Å²) in [6, 6.07) is 1.08. The van der Waals surface area contributed by atoms with Gasteiger partial charge in [0.1, 0.15) is 0 Å². The van der Waals surface area contributed by atoms with Crippen LogP contribution in [0.2, 0.25) is 0 Å². The molecule has 1 fully saturated rings. The van der Waals surface area contributed by atoms with E-state index in [1.54, 1.807) is 0 Å². The molecule has 3 heteroatoms. The van der Waals surface area contributed by atoms with Gasteiger partial charge >= 0.3 is 0 Å². The Hall–Kier alpha value is -0.830. The van der Waals surface area contributed by atoms with Gasteiger partial charge < -0.3 is 5.32 Å². The third kappa shape index (κ3) is 3.09. The third-order valence-electron chi connectivity index (χ3n) is 3.93. The highest BCUT2D eigenvalue weighted by atomic mass is 15.3. The Kier molecular flexibility index (Phi) is 3.57. The van der Waals surface area contributed by atoms with Crippen molar-refractivity contribution in [1.29, 1.82) is 0 Å². The fraction of sp³-hybridized carbons (Fsp3) is 0.786. The van der Waals surface area contributed by atoms with E-state index in [4.69, 9.17) is 0 Å². The number of rotatable bonds is 4. The molecule has 0 amide bonds. The Labute approximate surface area is 105 Å². The summed E-state index contributed by atoms with van der Waals surface area (Å²) in [4.78, 5) is 0. The Balaban J connectivity index is 1.91. The SMILES string of the molecule is CCn1cc(C(C)NC2CCC(C)(C)C2)cn1. The summed E-state index contributed by atoms with van der Waals surface area (Å²) in [5, 5.41) is 8.07. The lowest BCUT2D eigenvalue weighted by atomic mass is 9.92. The molecule has 0 radical (unpaired) electrons. The fourth-order valence-electron chi connectivity index (χ4n) is 2.80. The second kappa shape index (κ2) is 4.81. The van der Waals surface area contributed by atoms with Gasteiger partial charge in [0.25, 0.3) is 0 Å². The second-order valence-electron chi connectivity index (χ2n) is 6.12. The van der Waals surface area contributed by atoms with Crippen molar-refractivity contribution in [1.82, 2.24) is 15.1 Å². The van der Waals surface area contributed by atoms with Crippen LogP contribution in [0.3, 0.4) is 0 Å². The summed E-state index contributed by atoms with van der Waals surface area (Å²) in [6.45, 7) is 10.0. The molecule has 0 spiro atoms. The van der Waals surface area contributed by atoms with Crippen molar-refractivity contribution in [2.45, 2.75) is 65.6 Å². The van der Waals surface area contributed by atoms with Crippen LogP contribution in [-0.4, -0.2) is 15.8 Å². The van der Waals surface area contributed by atoms with Gasteiger partial charge in [-0.15, -0.1) is 0 Å². The van der Waals surface area contributed by atoms with E-state index in [0.717, 1.165) is 6.54 Å². The lowest BCUT2D eigenvalue weighted by molar-refractivity contribution is 0.356. The quantitative estimate of drug-likeness (QED) is 0.869. The van der Waals surface area contributed by atoms with Crippen LogP contribution in [0, 0.1) is 5.41 Å². The second-order valence-corrected chi connectivity index (χ2v) is 6.12. The van der Waals surface area contributed by atoms with Crippen molar-refractivity contribution in [2.75, 3.05) is 0 Å². The Morgan fingerprint density at radius 1 is 1.59 bits per heavy atom. The number of hydrogen-bond acceptors (Lipinski definition) is 2. The minimum atomic E-state index is 0.411. The minimum Gasteiger partial charge on any atom is -0.307 e. The standard InChI is InChI=1S/C14H25N3/c1-5-17-10-12(9-15-17)11(2)16-13-6-7-14(3,4)8-13/h9-11,13,16H,5-8H2,1-4H3. The van der Waals surface area contributed by atoms with E-state index in [1.165, 1.54) is 24.8 Å². The monoisotopic (exact) mass is 235 g/mol. The summed E-state index contributed by atoms with van der Waals surface area (Å²) in [5.41, 5.74) is 1.82. The highest BCUT2D eigenvalue weighted by Crippen LogP contribution is 2.37. The highest BCUT2D eigenvalue weighted by molar-refractivity contribution is 5.10. The van der Waals surface area contributed by atoms with Crippen LogP contribution in [0.5, 0.6) is 0 Å². The van der Waals surface area contributed by atoms with Gasteiger partial charge in [0.15, 0.2) is 0 Å². The molecule has 1 N–H and O–H groups in total. The average molecular weight is 235 g/mol. The van der Waals surface area contributed by atoms with Gasteiger partial charge in [-0.05, 0) is 38.5 Å². The maximum Gasteiger partial charge on any atom is 0.0537 e. The highest BCUT2D eigenvalue weighted by Gasteiger charge is 2.31. The smallest absolute Gasteiger partial charge is 0.0537 e. The third-order valence-corrected chi connectivity index (χ3v) is 3.93. The summed E-state index contributed by atoms with van der Waals surface area (Å²) < 4.78 is 1.99. The van der Waals surface area contributed by atoms with E-state index in [1.807, 2.05) is 10.9 Å². The molecule has 1 aliphatic rings. The Morgan fingerprint density at radius 3 is 2.88 bits per heavy atom. The molecule has 2 rings (SSSR count). The van der Waals surface area contributed by atoms with Gasteiger partial charge in [0, 0.05) is 30.4 Å². The zero-order chi connectivity index (χ0) is 12.5. The summed E-state index contributed by atoms with van der Waals surface area (Å²) in [7, 11) is 0. The van der Waals surface area contributed by atoms with Gasteiger partial charge in [-0.25, -0.2) is 0 Å². The lowest BCUT2D eigenvalue weighted by Crippen LogP contribution is -2.29. The van der Waals surface area contributed by atoms with Gasteiger partial charge in [-0.1, -0.05) is 13.8 Å². The topological polar surface area (TPSA) is 29.9 Å². The summed E-state index contributed by atoms with van der Waals surface area (Å²) in [6.07, 6.45) is 8.07. The van der Waals surface area contributed by atoms with E-state index in [-0.39, 0.29) is 0 Å². The molecule has 0 saturated heterocycles. The summed E-state index contributed by atoms with van der Waals surface area (Å²) >= 11 is 0. The minimum absolute atomic E-state index is 0.411. The largest absolute Gasteiger partial charge is 0.307 e. The first-order valence-corrected chi connectivity index (χ1v) is 6.78. The van der Waals surface area contributed by atoms with E-state index in [9.17, 15) is 0 Å². The number of nitrogens with zero attached hydrogens (tertiary/aromatic N) is 2. The fourth-order valence-corrected chi connectivity index (χ4v) is 2.80. The van der Waals surface area contributed by atoms with E-state index in [2.05, 4.69) is 44.3 Å². The van der Waals surface area contributed by atoms with Crippen LogP contribution in [0.4, 0.5) is 0 Å². The van der Waals surface area contributed by atoms with Gasteiger partial charge in [0.2, 0.25) is 0 Å². The zero-order valence-corrected chi connectivity index (χ0v) is 11.5. The van der Waals surface area contributed by atoms with Gasteiger partial charge in [-0.3, -0.25) is 4.68 Å². The van der Waals surface area contributed by atoms with Crippen molar-refractivity contribution in [2.24, 2.45) is 5.41 Å². The first-order chi connectivity index (χ1) is 8.00. The van der Waals surface area contributed by atoms with Gasteiger partial charge in [-0.2, -0.15) is 5.10 Å². The predicted octanol–water partition coefficient (Wildman–Crippen LogP) is 3.13. The van der Waals surface area contributed by atoms with Crippen LogP contribution in [0.1, 0.15) is 58.6 Å². The Morgan fingerprint density at radius 2 is 2.35 bits per heavy atom. The molecule has 1 saturated carbocycles. The molecule has 0 aliphatic heterocycles. The van der Waals surface area contributed by atoms with Crippen LogP contribution in [0.25, 0.3) is 0 Å². The van der Waals surface area contributed by atoms with E-state index in [0.29, 0.717) is 17.5 Å². The first-order valence-electron chi connectivity index (χ1n) is 6.78. The number of hydrogen-bond donors (Lipinski definition) is 1. The van der Waals surface area contributed by atoms with Crippen LogP contribution in [0.15, 0.2) is 12.4 Å². The summed E-state index contributed by atoms with van der Waals surface area (Å²) in [5.74, 6) is 0. The lowest BCUT2D eigenvalue weighted by Gasteiger charge is -2.21.